The zero-order valence-electron chi connectivity index (χ0n) is 12.4. The summed E-state index contributed by atoms with van der Waals surface area (Å²) in [7, 11) is 1.62. The third-order valence-electron chi connectivity index (χ3n) is 4.16. The van der Waals surface area contributed by atoms with E-state index in [4.69, 9.17) is 9.47 Å². The summed E-state index contributed by atoms with van der Waals surface area (Å²) in [6.45, 7) is 0.298. The van der Waals surface area contributed by atoms with Crippen LogP contribution in [0, 0.1) is 0 Å². The lowest BCUT2D eigenvalue weighted by molar-refractivity contribution is -0.118. The largest absolute Gasteiger partial charge is 0.493 e. The lowest BCUT2D eigenvalue weighted by Crippen LogP contribution is -2.38. The number of hydrogen-bond acceptors (Lipinski definition) is 3. The Bertz CT molecular complexity index is 559. The molecule has 0 spiro atoms. The molecule has 0 radical (unpaired) electrons. The highest BCUT2D eigenvalue weighted by Crippen LogP contribution is 2.35. The number of rotatable bonds is 3. The number of carbonyl (C=O) groups excluding carboxylic acids is 1. The minimum Gasteiger partial charge on any atom is -0.493 e. The molecule has 3 rings (SSSR count). The fraction of sp³-hybridized carbons (Fsp3) is 0.471. The van der Waals surface area contributed by atoms with Crippen molar-refractivity contribution >= 4 is 12.0 Å². The predicted molar refractivity (Wildman–Crippen MR) is 81.5 cm³/mol. The first-order valence-corrected chi connectivity index (χ1v) is 7.59. The average Bonchev–Trinajstić information content (AvgIpc) is 2.54. The van der Waals surface area contributed by atoms with Crippen molar-refractivity contribution in [2.45, 2.75) is 38.1 Å². The average molecular weight is 287 g/mol. The second-order valence-corrected chi connectivity index (χ2v) is 5.65. The predicted octanol–water partition coefficient (Wildman–Crippen LogP) is 2.92. The highest BCUT2D eigenvalue weighted by molar-refractivity contribution is 5.99. The Morgan fingerprint density at radius 1 is 1.29 bits per heavy atom. The number of para-hydroxylation sites is 1. The van der Waals surface area contributed by atoms with Crippen molar-refractivity contribution in [1.82, 2.24) is 5.32 Å². The highest BCUT2D eigenvalue weighted by atomic mass is 16.5. The standard InChI is InChI=1S/C17H21NO3/c1-20-15-9-5-6-12-10-13(11-21-16(12)15)17(19)18-14-7-3-2-4-8-14/h5-6,9-10,14H,2-4,7-8,11H2,1H3,(H,18,19). The first-order valence-electron chi connectivity index (χ1n) is 7.59. The van der Waals surface area contributed by atoms with Crippen LogP contribution in [0.1, 0.15) is 37.7 Å². The van der Waals surface area contributed by atoms with Gasteiger partial charge in [0, 0.05) is 11.6 Å². The normalized spacial score (nSPS) is 18.2. The van der Waals surface area contributed by atoms with Gasteiger partial charge >= 0.3 is 0 Å². The van der Waals surface area contributed by atoms with Crippen LogP contribution in [-0.2, 0) is 4.79 Å². The van der Waals surface area contributed by atoms with Crippen LogP contribution in [0.15, 0.2) is 23.8 Å². The van der Waals surface area contributed by atoms with Gasteiger partial charge in [0.05, 0.1) is 12.7 Å². The second kappa shape index (κ2) is 6.20. The number of benzene rings is 1. The number of methoxy groups -OCH3 is 1. The van der Waals surface area contributed by atoms with Gasteiger partial charge in [-0.05, 0) is 25.0 Å². The summed E-state index contributed by atoms with van der Waals surface area (Å²) < 4.78 is 11.0. The van der Waals surface area contributed by atoms with Gasteiger partial charge in [-0.15, -0.1) is 0 Å². The molecule has 112 valence electrons. The Labute approximate surface area is 125 Å². The van der Waals surface area contributed by atoms with E-state index in [9.17, 15) is 4.79 Å². The Hall–Kier alpha value is -1.97. The molecule has 21 heavy (non-hydrogen) atoms. The van der Waals surface area contributed by atoms with Crippen molar-refractivity contribution in [1.29, 1.82) is 0 Å². The van der Waals surface area contributed by atoms with E-state index in [1.165, 1.54) is 19.3 Å². The highest BCUT2D eigenvalue weighted by Gasteiger charge is 2.22. The summed E-state index contributed by atoms with van der Waals surface area (Å²) >= 11 is 0. The van der Waals surface area contributed by atoms with Crippen molar-refractivity contribution in [2.24, 2.45) is 0 Å². The monoisotopic (exact) mass is 287 g/mol. The Balaban J connectivity index is 1.73. The number of carbonyl (C=O) groups is 1. The molecule has 2 aliphatic rings. The molecular weight excluding hydrogens is 266 g/mol. The van der Waals surface area contributed by atoms with E-state index in [0.717, 1.165) is 18.4 Å². The summed E-state index contributed by atoms with van der Waals surface area (Å²) in [6.07, 6.45) is 7.78. The lowest BCUT2D eigenvalue weighted by Gasteiger charge is -2.25. The summed E-state index contributed by atoms with van der Waals surface area (Å²) in [5.74, 6) is 1.42. The molecule has 1 amide bonds. The molecule has 1 aliphatic carbocycles. The van der Waals surface area contributed by atoms with Crippen LogP contribution in [0.4, 0.5) is 0 Å². The van der Waals surface area contributed by atoms with Crippen LogP contribution in [0.3, 0.4) is 0 Å². The van der Waals surface area contributed by atoms with Gasteiger partial charge in [-0.25, -0.2) is 0 Å². The number of hydrogen-bond donors (Lipinski definition) is 1. The van der Waals surface area contributed by atoms with E-state index < -0.39 is 0 Å². The van der Waals surface area contributed by atoms with Gasteiger partial charge < -0.3 is 14.8 Å². The van der Waals surface area contributed by atoms with E-state index in [1.807, 2.05) is 24.3 Å². The maximum absolute atomic E-state index is 12.3. The third kappa shape index (κ3) is 3.04. The van der Waals surface area contributed by atoms with Crippen molar-refractivity contribution in [3.63, 3.8) is 0 Å². The SMILES string of the molecule is COc1cccc2c1OCC(C(=O)NC1CCCCC1)=C2. The van der Waals surface area contributed by atoms with Crippen molar-refractivity contribution in [2.75, 3.05) is 13.7 Å². The number of fused-ring (bicyclic) bond motifs is 1. The van der Waals surface area contributed by atoms with E-state index in [-0.39, 0.29) is 5.91 Å². The van der Waals surface area contributed by atoms with Crippen LogP contribution < -0.4 is 14.8 Å². The Morgan fingerprint density at radius 2 is 2.10 bits per heavy atom. The topological polar surface area (TPSA) is 47.6 Å². The molecular formula is C17H21NO3. The third-order valence-corrected chi connectivity index (χ3v) is 4.16. The van der Waals surface area contributed by atoms with E-state index in [0.29, 0.717) is 29.7 Å². The quantitative estimate of drug-likeness (QED) is 0.930. The lowest BCUT2D eigenvalue weighted by atomic mass is 9.95. The van der Waals surface area contributed by atoms with E-state index in [1.54, 1.807) is 7.11 Å². The van der Waals surface area contributed by atoms with Crippen LogP contribution in [0.5, 0.6) is 11.5 Å². The summed E-state index contributed by atoms with van der Waals surface area (Å²) in [6, 6.07) is 6.02. The van der Waals surface area contributed by atoms with Gasteiger partial charge in [0.2, 0.25) is 0 Å². The number of nitrogens with one attached hydrogen (secondary N) is 1. The van der Waals surface area contributed by atoms with Gasteiger partial charge in [-0.1, -0.05) is 31.4 Å². The number of ether oxygens (including phenoxy) is 2. The van der Waals surface area contributed by atoms with E-state index >= 15 is 0 Å². The van der Waals surface area contributed by atoms with Crippen LogP contribution in [-0.4, -0.2) is 25.7 Å². The first kappa shape index (κ1) is 14.0. The molecule has 0 aromatic heterocycles. The van der Waals surface area contributed by atoms with Gasteiger partial charge in [0.15, 0.2) is 11.5 Å². The summed E-state index contributed by atoms with van der Waals surface area (Å²) in [5, 5.41) is 3.13. The molecule has 1 heterocycles. The molecule has 1 fully saturated rings. The molecule has 4 heteroatoms. The minimum atomic E-state index is -0.00429. The Morgan fingerprint density at radius 3 is 2.86 bits per heavy atom. The molecule has 4 nitrogen and oxygen atoms in total. The molecule has 0 bridgehead atoms. The van der Waals surface area contributed by atoms with E-state index in [2.05, 4.69) is 5.32 Å². The van der Waals surface area contributed by atoms with Crippen LogP contribution >= 0.6 is 0 Å². The molecule has 1 aromatic rings. The molecule has 1 aliphatic heterocycles. The minimum absolute atomic E-state index is 0.00429. The zero-order valence-corrected chi connectivity index (χ0v) is 12.4. The molecule has 0 unspecified atom stereocenters. The first-order chi connectivity index (χ1) is 10.3. The number of amides is 1. The molecule has 1 N–H and O–H groups in total. The second-order valence-electron chi connectivity index (χ2n) is 5.65. The van der Waals surface area contributed by atoms with Gasteiger partial charge in [-0.2, -0.15) is 0 Å². The van der Waals surface area contributed by atoms with Gasteiger partial charge in [0.1, 0.15) is 6.61 Å². The molecule has 0 atom stereocenters. The van der Waals surface area contributed by atoms with Gasteiger partial charge in [-0.3, -0.25) is 4.79 Å². The molecule has 1 aromatic carbocycles. The maximum Gasteiger partial charge on any atom is 0.250 e. The summed E-state index contributed by atoms with van der Waals surface area (Å²) in [4.78, 5) is 12.3. The molecule has 0 saturated heterocycles. The van der Waals surface area contributed by atoms with Gasteiger partial charge in [0.25, 0.3) is 5.91 Å². The van der Waals surface area contributed by atoms with Crippen LogP contribution in [0.2, 0.25) is 0 Å². The Kier molecular flexibility index (Phi) is 4.13. The smallest absolute Gasteiger partial charge is 0.250 e. The summed E-state index contributed by atoms with van der Waals surface area (Å²) in [5.41, 5.74) is 1.58. The molecule has 1 saturated carbocycles. The fourth-order valence-electron chi connectivity index (χ4n) is 3.00. The van der Waals surface area contributed by atoms with Crippen molar-refractivity contribution < 1.29 is 14.3 Å². The van der Waals surface area contributed by atoms with Crippen molar-refractivity contribution in [3.8, 4) is 11.5 Å². The van der Waals surface area contributed by atoms with Crippen LogP contribution in [0.25, 0.3) is 6.08 Å². The van der Waals surface area contributed by atoms with Crippen molar-refractivity contribution in [3.05, 3.63) is 29.3 Å². The maximum atomic E-state index is 12.3. The zero-order chi connectivity index (χ0) is 14.7. The fourth-order valence-corrected chi connectivity index (χ4v) is 3.00.